The first kappa shape index (κ1) is 7.38. The highest BCUT2D eigenvalue weighted by molar-refractivity contribution is 6.06. The second-order valence-electron chi connectivity index (χ2n) is 3.33. The predicted octanol–water partition coefficient (Wildman–Crippen LogP) is 2.30. The minimum absolute atomic E-state index is 0.780. The molecule has 2 aromatic heterocycles. The number of nitrogens with two attached hydrogens (primary N) is 1. The summed E-state index contributed by atoms with van der Waals surface area (Å²) in [5, 5.41) is 2.25. The van der Waals surface area contributed by atoms with E-state index >= 15 is 0 Å². The van der Waals surface area contributed by atoms with Crippen LogP contribution in [-0.2, 0) is 0 Å². The molecular weight excluding hydrogens is 174 g/mol. The molecule has 0 saturated heterocycles. The van der Waals surface area contributed by atoms with Crippen molar-refractivity contribution in [2.75, 3.05) is 5.73 Å². The fourth-order valence-corrected chi connectivity index (χ4v) is 1.74. The van der Waals surface area contributed by atoms with Gasteiger partial charge in [-0.3, -0.25) is 0 Å². The summed E-state index contributed by atoms with van der Waals surface area (Å²) >= 11 is 0. The zero-order valence-electron chi connectivity index (χ0n) is 7.49. The molecular formula is C11H9N3. The lowest BCUT2D eigenvalue weighted by molar-refractivity contribution is 1.35. The minimum Gasteiger partial charge on any atom is -0.399 e. The van der Waals surface area contributed by atoms with Gasteiger partial charge in [0.1, 0.15) is 5.65 Å². The number of rotatable bonds is 0. The van der Waals surface area contributed by atoms with Gasteiger partial charge in [0.2, 0.25) is 0 Å². The van der Waals surface area contributed by atoms with E-state index in [0.29, 0.717) is 0 Å². The molecule has 0 aliphatic carbocycles. The van der Waals surface area contributed by atoms with Crippen molar-refractivity contribution in [3.05, 3.63) is 36.5 Å². The Hall–Kier alpha value is -2.03. The first-order valence-corrected chi connectivity index (χ1v) is 4.46. The summed E-state index contributed by atoms with van der Waals surface area (Å²) in [5.74, 6) is 0. The number of benzene rings is 1. The van der Waals surface area contributed by atoms with E-state index in [0.717, 1.165) is 27.6 Å². The molecule has 0 amide bonds. The van der Waals surface area contributed by atoms with Gasteiger partial charge >= 0.3 is 0 Å². The largest absolute Gasteiger partial charge is 0.399 e. The van der Waals surface area contributed by atoms with E-state index in [4.69, 9.17) is 5.73 Å². The van der Waals surface area contributed by atoms with Crippen molar-refractivity contribution in [1.82, 2.24) is 9.97 Å². The Morgan fingerprint density at radius 1 is 1.14 bits per heavy atom. The molecule has 68 valence electrons. The summed E-state index contributed by atoms with van der Waals surface area (Å²) in [6.45, 7) is 0. The number of pyridine rings is 1. The van der Waals surface area contributed by atoms with Crippen LogP contribution in [0.5, 0.6) is 0 Å². The number of nitrogen functional groups attached to an aromatic ring is 1. The molecule has 3 heteroatoms. The molecule has 1 aromatic carbocycles. The summed E-state index contributed by atoms with van der Waals surface area (Å²) in [5.41, 5.74) is 8.51. The summed E-state index contributed by atoms with van der Waals surface area (Å²) in [4.78, 5) is 7.49. The Kier molecular flexibility index (Phi) is 1.31. The van der Waals surface area contributed by atoms with Crippen LogP contribution < -0.4 is 5.73 Å². The first-order valence-electron chi connectivity index (χ1n) is 4.46. The molecule has 0 aliphatic rings. The van der Waals surface area contributed by atoms with Gasteiger partial charge in [0, 0.05) is 28.2 Å². The maximum Gasteiger partial charge on any atom is 0.138 e. The number of anilines is 1. The molecule has 2 heterocycles. The summed E-state index contributed by atoms with van der Waals surface area (Å²) in [7, 11) is 0. The zero-order chi connectivity index (χ0) is 9.54. The van der Waals surface area contributed by atoms with Gasteiger partial charge in [0.25, 0.3) is 0 Å². The number of H-pyrrole nitrogens is 1. The topological polar surface area (TPSA) is 54.7 Å². The highest BCUT2D eigenvalue weighted by atomic mass is 14.8. The number of hydrogen-bond acceptors (Lipinski definition) is 2. The van der Waals surface area contributed by atoms with E-state index in [9.17, 15) is 0 Å². The summed E-state index contributed by atoms with van der Waals surface area (Å²) in [6, 6.07) is 9.80. The monoisotopic (exact) mass is 183 g/mol. The van der Waals surface area contributed by atoms with E-state index in [1.54, 1.807) is 6.20 Å². The van der Waals surface area contributed by atoms with E-state index in [1.807, 2.05) is 30.3 Å². The quantitative estimate of drug-likeness (QED) is 0.525. The molecule has 3 N–H and O–H groups in total. The molecule has 0 saturated carbocycles. The third-order valence-electron chi connectivity index (χ3n) is 2.39. The van der Waals surface area contributed by atoms with Crippen molar-refractivity contribution in [2.24, 2.45) is 0 Å². The van der Waals surface area contributed by atoms with Crippen molar-refractivity contribution >= 4 is 27.6 Å². The predicted molar refractivity (Wildman–Crippen MR) is 58.0 cm³/mol. The van der Waals surface area contributed by atoms with Crippen LogP contribution in [0.3, 0.4) is 0 Å². The van der Waals surface area contributed by atoms with Crippen LogP contribution in [0.25, 0.3) is 21.9 Å². The third-order valence-corrected chi connectivity index (χ3v) is 2.39. The van der Waals surface area contributed by atoms with Crippen molar-refractivity contribution < 1.29 is 0 Å². The van der Waals surface area contributed by atoms with Gasteiger partial charge in [-0.05, 0) is 30.3 Å². The van der Waals surface area contributed by atoms with Gasteiger partial charge < -0.3 is 10.7 Å². The summed E-state index contributed by atoms with van der Waals surface area (Å²) in [6.07, 6.45) is 1.78. The van der Waals surface area contributed by atoms with E-state index in [2.05, 4.69) is 9.97 Å². The maximum absolute atomic E-state index is 5.74. The Morgan fingerprint density at radius 2 is 2.07 bits per heavy atom. The Labute approximate surface area is 80.6 Å². The van der Waals surface area contributed by atoms with Gasteiger partial charge in [-0.1, -0.05) is 0 Å². The number of aromatic nitrogens is 2. The van der Waals surface area contributed by atoms with Crippen molar-refractivity contribution in [3.63, 3.8) is 0 Å². The second-order valence-corrected chi connectivity index (χ2v) is 3.33. The first-order chi connectivity index (χ1) is 6.84. The maximum atomic E-state index is 5.74. The van der Waals surface area contributed by atoms with Crippen LogP contribution in [0.4, 0.5) is 5.69 Å². The van der Waals surface area contributed by atoms with E-state index in [1.165, 1.54) is 0 Å². The van der Waals surface area contributed by atoms with Crippen LogP contribution in [0.2, 0.25) is 0 Å². The van der Waals surface area contributed by atoms with Crippen LogP contribution in [-0.4, -0.2) is 9.97 Å². The van der Waals surface area contributed by atoms with Crippen molar-refractivity contribution in [2.45, 2.75) is 0 Å². The molecule has 0 spiro atoms. The molecule has 3 rings (SSSR count). The van der Waals surface area contributed by atoms with Crippen molar-refractivity contribution in [1.29, 1.82) is 0 Å². The van der Waals surface area contributed by atoms with Crippen LogP contribution in [0.15, 0.2) is 36.5 Å². The summed E-state index contributed by atoms with van der Waals surface area (Å²) < 4.78 is 0. The number of nitrogens with one attached hydrogen (secondary N) is 1. The van der Waals surface area contributed by atoms with Gasteiger partial charge in [0.05, 0.1) is 0 Å². The molecule has 0 bridgehead atoms. The van der Waals surface area contributed by atoms with Crippen LogP contribution in [0, 0.1) is 0 Å². The lowest BCUT2D eigenvalue weighted by Crippen LogP contribution is -1.81. The minimum atomic E-state index is 0.780. The van der Waals surface area contributed by atoms with Crippen molar-refractivity contribution in [3.8, 4) is 0 Å². The highest BCUT2D eigenvalue weighted by Crippen LogP contribution is 2.25. The third kappa shape index (κ3) is 0.893. The van der Waals surface area contributed by atoms with E-state index < -0.39 is 0 Å². The van der Waals surface area contributed by atoms with Gasteiger partial charge in [-0.25, -0.2) is 4.98 Å². The average Bonchev–Trinajstić information content (AvgIpc) is 2.56. The molecule has 0 radical (unpaired) electrons. The Balaban J connectivity index is 2.58. The smallest absolute Gasteiger partial charge is 0.138 e. The molecule has 14 heavy (non-hydrogen) atoms. The van der Waals surface area contributed by atoms with E-state index in [-0.39, 0.29) is 0 Å². The molecule has 0 unspecified atom stereocenters. The molecule has 3 aromatic rings. The molecule has 0 aliphatic heterocycles. The fourth-order valence-electron chi connectivity index (χ4n) is 1.74. The number of fused-ring (bicyclic) bond motifs is 3. The lowest BCUT2D eigenvalue weighted by atomic mass is 10.2. The van der Waals surface area contributed by atoms with Crippen LogP contribution in [0.1, 0.15) is 0 Å². The highest BCUT2D eigenvalue weighted by Gasteiger charge is 2.03. The molecule has 0 fully saturated rings. The van der Waals surface area contributed by atoms with Gasteiger partial charge in [-0.15, -0.1) is 0 Å². The lowest BCUT2D eigenvalue weighted by Gasteiger charge is -1.92. The van der Waals surface area contributed by atoms with Gasteiger partial charge in [-0.2, -0.15) is 0 Å². The van der Waals surface area contributed by atoms with Gasteiger partial charge in [0.15, 0.2) is 0 Å². The SMILES string of the molecule is Nc1ccc2[nH]c3ncccc3c2c1. The molecule has 0 atom stereocenters. The Morgan fingerprint density at radius 3 is 3.00 bits per heavy atom. The standard InChI is InChI=1S/C11H9N3/c12-7-3-4-10-9(6-7)8-2-1-5-13-11(8)14-10/h1-6H,12H2,(H,13,14). The second kappa shape index (κ2) is 2.48. The number of aromatic amines is 1. The number of hydrogen-bond donors (Lipinski definition) is 2. The Bertz CT molecular complexity index is 610. The number of nitrogens with zero attached hydrogens (tertiary/aromatic N) is 1. The molecule has 3 nitrogen and oxygen atoms in total. The zero-order valence-corrected chi connectivity index (χ0v) is 7.49. The average molecular weight is 183 g/mol. The fraction of sp³-hybridized carbons (Fsp3) is 0. The van der Waals surface area contributed by atoms with Crippen LogP contribution >= 0.6 is 0 Å². The normalized spacial score (nSPS) is 11.1.